The first kappa shape index (κ1) is 16.8. The van der Waals surface area contributed by atoms with Gasteiger partial charge in [0, 0.05) is 5.56 Å². The lowest BCUT2D eigenvalue weighted by molar-refractivity contribution is -0.116. The molecule has 1 aliphatic heterocycles. The van der Waals surface area contributed by atoms with Crippen molar-refractivity contribution >= 4 is 23.7 Å². The maximum Gasteiger partial charge on any atom is 0.246 e. The number of fused-ring (bicyclic) bond motifs is 3. The van der Waals surface area contributed by atoms with E-state index in [0.29, 0.717) is 23.1 Å². The molecule has 136 valence electrons. The third-order valence-corrected chi connectivity index (χ3v) is 4.26. The van der Waals surface area contributed by atoms with E-state index in [1.54, 1.807) is 18.9 Å². The number of nitrogens with zero attached hydrogens (tertiary/aromatic N) is 3. The first-order valence-corrected chi connectivity index (χ1v) is 8.42. The van der Waals surface area contributed by atoms with Gasteiger partial charge < -0.3 is 14.8 Å². The molecule has 1 aliphatic rings. The van der Waals surface area contributed by atoms with Gasteiger partial charge in [-0.05, 0) is 35.9 Å². The number of rotatable bonds is 4. The number of carbonyl (C=O) groups is 1. The molecule has 0 bridgehead atoms. The van der Waals surface area contributed by atoms with E-state index in [-0.39, 0.29) is 12.5 Å². The summed E-state index contributed by atoms with van der Waals surface area (Å²) in [7, 11) is 3.20. The van der Waals surface area contributed by atoms with Crippen LogP contribution in [0.3, 0.4) is 0 Å². The lowest BCUT2D eigenvalue weighted by Crippen LogP contribution is -2.17. The molecule has 1 N–H and O–H groups in total. The van der Waals surface area contributed by atoms with Crippen molar-refractivity contribution in [2.75, 3.05) is 19.5 Å². The molecule has 2 aromatic carbocycles. The molecule has 7 heteroatoms. The SMILES string of the molecule is COc1ccc(/C=C/c2nc3n(n2)CC(=O)Nc2ccccc2-3)cc1OC. The van der Waals surface area contributed by atoms with Gasteiger partial charge >= 0.3 is 0 Å². The predicted molar refractivity (Wildman–Crippen MR) is 103 cm³/mol. The maximum atomic E-state index is 12.1. The minimum absolute atomic E-state index is 0.124. The van der Waals surface area contributed by atoms with Crippen molar-refractivity contribution in [3.8, 4) is 22.9 Å². The van der Waals surface area contributed by atoms with Crippen LogP contribution >= 0.6 is 0 Å². The highest BCUT2D eigenvalue weighted by molar-refractivity contribution is 5.96. The molecule has 4 rings (SSSR count). The highest BCUT2D eigenvalue weighted by Gasteiger charge is 2.21. The lowest BCUT2D eigenvalue weighted by Gasteiger charge is -2.07. The maximum absolute atomic E-state index is 12.1. The molecule has 0 unspecified atom stereocenters. The molecule has 7 nitrogen and oxygen atoms in total. The largest absolute Gasteiger partial charge is 0.493 e. The van der Waals surface area contributed by atoms with E-state index in [2.05, 4.69) is 15.4 Å². The second-order valence-corrected chi connectivity index (χ2v) is 5.99. The Morgan fingerprint density at radius 3 is 2.70 bits per heavy atom. The van der Waals surface area contributed by atoms with E-state index in [1.165, 1.54) is 0 Å². The number of hydrogen-bond acceptors (Lipinski definition) is 5. The van der Waals surface area contributed by atoms with E-state index in [0.717, 1.165) is 16.8 Å². The van der Waals surface area contributed by atoms with Gasteiger partial charge in [-0.15, -0.1) is 0 Å². The van der Waals surface area contributed by atoms with Gasteiger partial charge in [-0.3, -0.25) is 4.79 Å². The summed E-state index contributed by atoms with van der Waals surface area (Å²) < 4.78 is 12.2. The van der Waals surface area contributed by atoms with Crippen LogP contribution in [0.25, 0.3) is 23.5 Å². The molecular formula is C20H18N4O3. The fourth-order valence-electron chi connectivity index (χ4n) is 2.98. The first-order valence-electron chi connectivity index (χ1n) is 8.42. The van der Waals surface area contributed by atoms with Crippen molar-refractivity contribution in [2.45, 2.75) is 6.54 Å². The zero-order valence-corrected chi connectivity index (χ0v) is 15.0. The summed E-state index contributed by atoms with van der Waals surface area (Å²) in [4.78, 5) is 16.7. The van der Waals surface area contributed by atoms with Crippen molar-refractivity contribution in [1.29, 1.82) is 0 Å². The summed E-state index contributed by atoms with van der Waals surface area (Å²) >= 11 is 0. The van der Waals surface area contributed by atoms with Crippen LogP contribution in [0.5, 0.6) is 11.5 Å². The highest BCUT2D eigenvalue weighted by atomic mass is 16.5. The third kappa shape index (κ3) is 3.27. The summed E-state index contributed by atoms with van der Waals surface area (Å²) in [5.74, 6) is 2.39. The van der Waals surface area contributed by atoms with Gasteiger partial charge in [0.05, 0.1) is 19.9 Å². The molecular weight excluding hydrogens is 344 g/mol. The van der Waals surface area contributed by atoms with Crippen molar-refractivity contribution in [2.24, 2.45) is 0 Å². The average Bonchev–Trinajstić information content (AvgIpc) is 3.03. The lowest BCUT2D eigenvalue weighted by atomic mass is 10.1. The molecule has 0 aliphatic carbocycles. The Morgan fingerprint density at radius 1 is 1.07 bits per heavy atom. The number of hydrogen-bond donors (Lipinski definition) is 1. The summed E-state index contributed by atoms with van der Waals surface area (Å²) in [5.41, 5.74) is 2.52. The Bertz CT molecular complexity index is 1040. The monoisotopic (exact) mass is 362 g/mol. The number of ether oxygens (including phenoxy) is 2. The average molecular weight is 362 g/mol. The number of amides is 1. The predicted octanol–water partition coefficient (Wildman–Crippen LogP) is 3.08. The molecule has 3 aromatic rings. The van der Waals surface area contributed by atoms with Crippen molar-refractivity contribution < 1.29 is 14.3 Å². The summed E-state index contributed by atoms with van der Waals surface area (Å²) in [6, 6.07) is 13.2. The molecule has 2 heterocycles. The molecule has 1 amide bonds. The van der Waals surface area contributed by atoms with Gasteiger partial charge in [0.15, 0.2) is 23.1 Å². The molecule has 27 heavy (non-hydrogen) atoms. The van der Waals surface area contributed by atoms with Crippen molar-refractivity contribution in [3.63, 3.8) is 0 Å². The van der Waals surface area contributed by atoms with Crippen LogP contribution in [-0.2, 0) is 11.3 Å². The summed E-state index contributed by atoms with van der Waals surface area (Å²) in [6.07, 6.45) is 3.70. The number of nitrogens with one attached hydrogen (secondary N) is 1. The van der Waals surface area contributed by atoms with Crippen LogP contribution < -0.4 is 14.8 Å². The van der Waals surface area contributed by atoms with E-state index in [9.17, 15) is 4.79 Å². The first-order chi connectivity index (χ1) is 13.2. The van der Waals surface area contributed by atoms with Crippen LogP contribution in [0, 0.1) is 0 Å². The Hall–Kier alpha value is -3.61. The van der Waals surface area contributed by atoms with Crippen molar-refractivity contribution in [3.05, 3.63) is 53.9 Å². The van der Waals surface area contributed by atoms with Gasteiger partial charge in [0.1, 0.15) is 6.54 Å². The fraction of sp³-hybridized carbons (Fsp3) is 0.150. The second-order valence-electron chi connectivity index (χ2n) is 5.99. The fourth-order valence-corrected chi connectivity index (χ4v) is 2.98. The Morgan fingerprint density at radius 2 is 1.89 bits per heavy atom. The number of aromatic nitrogens is 3. The topological polar surface area (TPSA) is 78.3 Å². The third-order valence-electron chi connectivity index (χ3n) is 4.26. The zero-order valence-electron chi connectivity index (χ0n) is 15.0. The number of anilines is 1. The minimum Gasteiger partial charge on any atom is -0.493 e. The number of carbonyl (C=O) groups excluding carboxylic acids is 1. The van der Waals surface area contributed by atoms with Gasteiger partial charge in [-0.1, -0.05) is 24.3 Å². The number of methoxy groups -OCH3 is 2. The Kier molecular flexibility index (Phi) is 4.33. The molecule has 0 saturated heterocycles. The molecule has 0 radical (unpaired) electrons. The smallest absolute Gasteiger partial charge is 0.246 e. The molecule has 0 saturated carbocycles. The van der Waals surface area contributed by atoms with E-state index in [1.807, 2.05) is 54.6 Å². The van der Waals surface area contributed by atoms with Gasteiger partial charge in [-0.2, -0.15) is 5.10 Å². The summed E-state index contributed by atoms with van der Waals surface area (Å²) in [6.45, 7) is 0.126. The molecule has 0 spiro atoms. The van der Waals surface area contributed by atoms with Gasteiger partial charge in [-0.25, -0.2) is 9.67 Å². The normalized spacial score (nSPS) is 12.9. The van der Waals surface area contributed by atoms with Crippen LogP contribution in [0.1, 0.15) is 11.4 Å². The number of para-hydroxylation sites is 1. The Labute approximate surface area is 156 Å². The van der Waals surface area contributed by atoms with E-state index >= 15 is 0 Å². The Balaban J connectivity index is 1.67. The van der Waals surface area contributed by atoms with Crippen LogP contribution in [0.4, 0.5) is 5.69 Å². The molecule has 1 aromatic heterocycles. The minimum atomic E-state index is -0.124. The van der Waals surface area contributed by atoms with Crippen LogP contribution in [0.15, 0.2) is 42.5 Å². The second kappa shape index (κ2) is 6.95. The van der Waals surface area contributed by atoms with Crippen LogP contribution in [-0.4, -0.2) is 34.9 Å². The van der Waals surface area contributed by atoms with Gasteiger partial charge in [0.25, 0.3) is 0 Å². The van der Waals surface area contributed by atoms with Gasteiger partial charge in [0.2, 0.25) is 5.91 Å². The van der Waals surface area contributed by atoms with Crippen LogP contribution in [0.2, 0.25) is 0 Å². The standard InChI is InChI=1S/C20H18N4O3/c1-26-16-9-7-13(11-17(16)27-2)8-10-18-22-20-14-5-3-4-6-15(14)21-19(25)12-24(20)23-18/h3-11H,12H2,1-2H3,(H,21,25)/b10-8+. The highest BCUT2D eigenvalue weighted by Crippen LogP contribution is 2.30. The van der Waals surface area contributed by atoms with E-state index < -0.39 is 0 Å². The quantitative estimate of drug-likeness (QED) is 0.772. The number of benzene rings is 2. The molecule has 0 atom stereocenters. The summed E-state index contributed by atoms with van der Waals surface area (Å²) in [5, 5.41) is 7.33. The van der Waals surface area contributed by atoms with E-state index in [4.69, 9.17) is 9.47 Å². The zero-order chi connectivity index (χ0) is 18.8. The molecule has 0 fully saturated rings. The van der Waals surface area contributed by atoms with Crippen molar-refractivity contribution in [1.82, 2.24) is 14.8 Å².